The summed E-state index contributed by atoms with van der Waals surface area (Å²) in [5.41, 5.74) is 6.28. The Hall–Kier alpha value is -0.650. The van der Waals surface area contributed by atoms with Gasteiger partial charge in [0.05, 0.1) is 0 Å². The van der Waals surface area contributed by atoms with Crippen molar-refractivity contribution in [1.29, 1.82) is 0 Å². The second kappa shape index (κ2) is 5.55. The first-order chi connectivity index (χ1) is 8.49. The lowest BCUT2D eigenvalue weighted by Gasteiger charge is -2.10. The Morgan fingerprint density at radius 3 is 3.00 bits per heavy atom. The minimum Gasteiger partial charge on any atom is -0.370 e. The zero-order valence-electron chi connectivity index (χ0n) is 10.3. The molecule has 0 bridgehead atoms. The third-order valence-corrected chi connectivity index (χ3v) is 4.76. The van der Waals surface area contributed by atoms with Crippen LogP contribution in [0.5, 0.6) is 0 Å². The van der Waals surface area contributed by atoms with Crippen molar-refractivity contribution in [3.8, 4) is 0 Å². The maximum absolute atomic E-state index is 13.3. The van der Waals surface area contributed by atoms with E-state index < -0.39 is 0 Å². The molecule has 0 aliphatic heterocycles. The molecule has 1 amide bonds. The van der Waals surface area contributed by atoms with Crippen molar-refractivity contribution in [3.63, 3.8) is 0 Å². The van der Waals surface area contributed by atoms with Gasteiger partial charge in [-0.2, -0.15) is 0 Å². The van der Waals surface area contributed by atoms with Crippen molar-refractivity contribution in [2.24, 2.45) is 17.6 Å². The molecule has 4 heteroatoms. The van der Waals surface area contributed by atoms with Crippen LogP contribution in [0.3, 0.4) is 0 Å². The number of hydrogen-bond donors (Lipinski definition) is 1. The molecule has 98 valence electrons. The van der Waals surface area contributed by atoms with E-state index in [1.165, 1.54) is 6.07 Å². The van der Waals surface area contributed by atoms with Crippen LogP contribution in [0.15, 0.2) is 18.2 Å². The van der Waals surface area contributed by atoms with E-state index in [0.29, 0.717) is 24.2 Å². The van der Waals surface area contributed by atoms with E-state index >= 15 is 0 Å². The molecular weight excluding hydrogens is 344 g/mol. The predicted molar refractivity (Wildman–Crippen MR) is 77.6 cm³/mol. The first-order valence-electron chi connectivity index (χ1n) is 6.22. The lowest BCUT2D eigenvalue weighted by atomic mass is 9.96. The summed E-state index contributed by atoms with van der Waals surface area (Å²) in [5.74, 6) is 1.09. The molecule has 1 aliphatic rings. The molecule has 3 unspecified atom stereocenters. The monoisotopic (exact) mass is 361 g/mol. The number of nitrogens with two attached hydrogens (primary N) is 1. The summed E-state index contributed by atoms with van der Waals surface area (Å²) in [4.78, 5) is 10.8. The van der Waals surface area contributed by atoms with Gasteiger partial charge in [0.15, 0.2) is 0 Å². The summed E-state index contributed by atoms with van der Waals surface area (Å²) in [6.45, 7) is 2.15. The molecule has 1 saturated carbocycles. The highest BCUT2D eigenvalue weighted by atomic mass is 127. The molecule has 0 aromatic heterocycles. The smallest absolute Gasteiger partial charge is 0.217 e. The van der Waals surface area contributed by atoms with Crippen LogP contribution in [-0.4, -0.2) is 5.91 Å². The normalized spacial score (nSPS) is 23.7. The Morgan fingerprint density at radius 2 is 2.33 bits per heavy atom. The van der Waals surface area contributed by atoms with Crippen LogP contribution in [0.2, 0.25) is 0 Å². The van der Waals surface area contributed by atoms with Gasteiger partial charge in [0.1, 0.15) is 5.82 Å². The van der Waals surface area contributed by atoms with Crippen LogP contribution in [0.1, 0.15) is 37.7 Å². The highest BCUT2D eigenvalue weighted by Gasteiger charge is 2.42. The molecule has 3 atom stereocenters. The highest BCUT2D eigenvalue weighted by Crippen LogP contribution is 2.53. The summed E-state index contributed by atoms with van der Waals surface area (Å²) < 4.78 is 14.4. The molecule has 0 heterocycles. The summed E-state index contributed by atoms with van der Waals surface area (Å²) >= 11 is 2.26. The van der Waals surface area contributed by atoms with Gasteiger partial charge in [-0.05, 0) is 76.9 Å². The van der Waals surface area contributed by atoms with Crippen molar-refractivity contribution in [3.05, 3.63) is 33.1 Å². The van der Waals surface area contributed by atoms with E-state index in [4.69, 9.17) is 5.73 Å². The Morgan fingerprint density at radius 1 is 1.61 bits per heavy atom. The van der Waals surface area contributed by atoms with E-state index in [9.17, 15) is 9.18 Å². The van der Waals surface area contributed by atoms with Gasteiger partial charge in [-0.3, -0.25) is 4.79 Å². The molecule has 2 rings (SSSR count). The third-order valence-electron chi connectivity index (χ3n) is 3.77. The number of halogens is 2. The van der Waals surface area contributed by atoms with Gasteiger partial charge < -0.3 is 5.73 Å². The molecule has 1 aromatic carbocycles. The Labute approximate surface area is 120 Å². The van der Waals surface area contributed by atoms with Gasteiger partial charge in [-0.25, -0.2) is 4.39 Å². The predicted octanol–water partition coefficient (Wildman–Crippen LogP) is 3.44. The van der Waals surface area contributed by atoms with Gasteiger partial charge in [0.2, 0.25) is 5.91 Å². The second-order valence-corrected chi connectivity index (χ2v) is 6.32. The van der Waals surface area contributed by atoms with Gasteiger partial charge >= 0.3 is 0 Å². The second-order valence-electron chi connectivity index (χ2n) is 5.15. The topological polar surface area (TPSA) is 43.1 Å². The van der Waals surface area contributed by atoms with Crippen molar-refractivity contribution >= 4 is 28.5 Å². The molecule has 0 spiro atoms. The molecule has 0 saturated heterocycles. The summed E-state index contributed by atoms with van der Waals surface area (Å²) in [5, 5.41) is 0. The van der Waals surface area contributed by atoms with Crippen molar-refractivity contribution < 1.29 is 9.18 Å². The summed E-state index contributed by atoms with van der Waals surface area (Å²) in [6, 6.07) is 4.97. The third kappa shape index (κ3) is 3.22. The van der Waals surface area contributed by atoms with Crippen LogP contribution in [0.25, 0.3) is 0 Å². The first-order valence-corrected chi connectivity index (χ1v) is 7.30. The molecule has 1 fully saturated rings. The van der Waals surface area contributed by atoms with Crippen LogP contribution in [0, 0.1) is 21.2 Å². The number of carbonyl (C=O) groups excluding carboxylic acids is 1. The minimum absolute atomic E-state index is 0.166. The average Bonchev–Trinajstić information content (AvgIpc) is 3.09. The molecule has 1 aromatic rings. The number of rotatable bonds is 5. The van der Waals surface area contributed by atoms with Gasteiger partial charge in [0.25, 0.3) is 0 Å². The van der Waals surface area contributed by atoms with Crippen LogP contribution < -0.4 is 5.73 Å². The highest BCUT2D eigenvalue weighted by molar-refractivity contribution is 14.1. The van der Waals surface area contributed by atoms with Crippen molar-refractivity contribution in [2.75, 3.05) is 0 Å². The minimum atomic E-state index is -0.237. The Kier molecular flexibility index (Phi) is 4.25. The SMILES string of the molecule is CC(CCC(N)=O)C1CC1c1cc(F)ccc1I. The van der Waals surface area contributed by atoms with E-state index in [1.54, 1.807) is 6.07 Å². The number of primary amides is 1. The summed E-state index contributed by atoms with van der Waals surface area (Å²) in [6.07, 6.45) is 2.38. The molecule has 0 radical (unpaired) electrons. The van der Waals surface area contributed by atoms with Crippen LogP contribution in [-0.2, 0) is 4.79 Å². The average molecular weight is 361 g/mol. The Balaban J connectivity index is 1.98. The fourth-order valence-corrected chi connectivity index (χ4v) is 3.32. The Bertz CT molecular complexity index is 463. The number of amides is 1. The molecule has 2 nitrogen and oxygen atoms in total. The lowest BCUT2D eigenvalue weighted by molar-refractivity contribution is -0.118. The fourth-order valence-electron chi connectivity index (χ4n) is 2.58. The quantitative estimate of drug-likeness (QED) is 0.803. The van der Waals surface area contributed by atoms with Gasteiger partial charge in [0, 0.05) is 9.99 Å². The van der Waals surface area contributed by atoms with Crippen LogP contribution >= 0.6 is 22.6 Å². The van der Waals surface area contributed by atoms with E-state index in [-0.39, 0.29) is 11.7 Å². The first kappa shape index (κ1) is 13.8. The number of carbonyl (C=O) groups is 1. The largest absolute Gasteiger partial charge is 0.370 e. The van der Waals surface area contributed by atoms with E-state index in [2.05, 4.69) is 29.5 Å². The molecule has 18 heavy (non-hydrogen) atoms. The zero-order valence-corrected chi connectivity index (χ0v) is 12.5. The molecule has 1 aliphatic carbocycles. The van der Waals surface area contributed by atoms with Gasteiger partial charge in [-0.15, -0.1) is 0 Å². The summed E-state index contributed by atoms with van der Waals surface area (Å²) in [7, 11) is 0. The zero-order chi connectivity index (χ0) is 13.3. The van der Waals surface area contributed by atoms with E-state index in [0.717, 1.165) is 22.0 Å². The lowest BCUT2D eigenvalue weighted by Crippen LogP contribution is -2.12. The maximum Gasteiger partial charge on any atom is 0.217 e. The van der Waals surface area contributed by atoms with Crippen molar-refractivity contribution in [2.45, 2.75) is 32.1 Å². The van der Waals surface area contributed by atoms with Crippen molar-refractivity contribution in [1.82, 2.24) is 0 Å². The number of hydrogen-bond acceptors (Lipinski definition) is 1. The molecule has 2 N–H and O–H groups in total. The number of benzene rings is 1. The molecular formula is C14H17FINO. The van der Waals surface area contributed by atoms with E-state index in [1.807, 2.05) is 6.07 Å². The van der Waals surface area contributed by atoms with Crippen LogP contribution in [0.4, 0.5) is 4.39 Å². The maximum atomic E-state index is 13.3. The van der Waals surface area contributed by atoms with Gasteiger partial charge in [-0.1, -0.05) is 6.92 Å². The fraction of sp³-hybridized carbons (Fsp3) is 0.500. The standard InChI is InChI=1S/C14H17FINO/c1-8(2-5-14(17)18)10-7-11(10)12-6-9(15)3-4-13(12)16/h3-4,6,8,10-11H,2,5,7H2,1H3,(H2,17,18).